The van der Waals surface area contributed by atoms with Crippen LogP contribution in [0.3, 0.4) is 0 Å². The molecule has 0 amide bonds. The third-order valence-electron chi connectivity index (χ3n) is 8.87. The van der Waals surface area contributed by atoms with Gasteiger partial charge in [-0.3, -0.25) is 0 Å². The fraction of sp³-hybridized carbons (Fsp3) is 0.559. The third kappa shape index (κ3) is 7.13. The molecule has 2 aliphatic carbocycles. The minimum absolute atomic E-state index is 0. The molecule has 2 aliphatic rings. The van der Waals surface area contributed by atoms with E-state index < -0.39 is 0 Å². The zero-order valence-corrected chi connectivity index (χ0v) is 26.2. The standard InChI is InChI=1S/C17H14N.C17H32O2.Ir/c1-12-9-13(2)11-15(10-12)17-16-6-4-3-5-14(16)7-8-18-17;1-4-6-13-8-5-7-12-9-10-14(11(2)3)17(19)15(12)16(13)18;/h3-10H,1-2H3;11-19H,4-10H2,1-3H3;/q-1;;/t;12?,13-,14-,15?,16?,17?;/m.0./s1. The molecule has 0 saturated heterocycles. The molecule has 4 unspecified atom stereocenters. The summed E-state index contributed by atoms with van der Waals surface area (Å²) in [6.45, 7) is 10.8. The molecule has 1 aromatic heterocycles. The maximum atomic E-state index is 10.8. The monoisotopic (exact) mass is 693 g/mol. The third-order valence-corrected chi connectivity index (χ3v) is 8.87. The van der Waals surface area contributed by atoms with Gasteiger partial charge in [0, 0.05) is 32.2 Å². The number of hydrogen-bond acceptors (Lipinski definition) is 3. The van der Waals surface area contributed by atoms with E-state index in [1.165, 1.54) is 35.6 Å². The number of benzene rings is 2. The van der Waals surface area contributed by atoms with Gasteiger partial charge in [0.25, 0.3) is 0 Å². The van der Waals surface area contributed by atoms with Crippen molar-refractivity contribution in [1.82, 2.24) is 4.98 Å². The maximum Gasteiger partial charge on any atom is 0.0626 e. The minimum atomic E-state index is -0.286. The second-order valence-corrected chi connectivity index (χ2v) is 11.9. The molecule has 0 spiro atoms. The quantitative estimate of drug-likeness (QED) is 0.273. The van der Waals surface area contributed by atoms with Crippen LogP contribution in [-0.4, -0.2) is 27.4 Å². The summed E-state index contributed by atoms with van der Waals surface area (Å²) in [6, 6.07) is 18.0. The number of pyridine rings is 1. The van der Waals surface area contributed by atoms with Crippen LogP contribution in [0.4, 0.5) is 0 Å². The summed E-state index contributed by atoms with van der Waals surface area (Å²) >= 11 is 0. The van der Waals surface area contributed by atoms with Crippen LogP contribution in [0.1, 0.15) is 76.8 Å². The van der Waals surface area contributed by atoms with Crippen molar-refractivity contribution >= 4 is 10.8 Å². The summed E-state index contributed by atoms with van der Waals surface area (Å²) in [7, 11) is 0. The topological polar surface area (TPSA) is 53.4 Å². The van der Waals surface area contributed by atoms with E-state index in [2.05, 4.69) is 82.1 Å². The Morgan fingerprint density at radius 3 is 2.45 bits per heavy atom. The van der Waals surface area contributed by atoms with Gasteiger partial charge in [0.1, 0.15) is 0 Å². The molecule has 1 radical (unpaired) electrons. The van der Waals surface area contributed by atoms with Gasteiger partial charge < -0.3 is 15.2 Å². The number of aliphatic hydroxyl groups excluding tert-OH is 2. The van der Waals surface area contributed by atoms with Crippen LogP contribution in [0, 0.1) is 49.5 Å². The summed E-state index contributed by atoms with van der Waals surface area (Å²) in [4.78, 5) is 4.53. The minimum Gasteiger partial charge on any atom is -0.392 e. The Kier molecular flexibility index (Phi) is 11.5. The van der Waals surface area contributed by atoms with Gasteiger partial charge in [0.05, 0.1) is 12.2 Å². The van der Waals surface area contributed by atoms with Gasteiger partial charge in [-0.1, -0.05) is 71.7 Å². The first-order valence-electron chi connectivity index (χ1n) is 14.5. The van der Waals surface area contributed by atoms with Crippen LogP contribution in [0.15, 0.2) is 48.7 Å². The SMILES string of the molecule is CCC[C@H]1CCCC2CC[C@@H](C(C)C)C(O)C2C1O.Cc1[c-]c(-c2nccc3ccccc23)cc(C)c1.[Ir]. The van der Waals surface area contributed by atoms with Gasteiger partial charge in [-0.15, -0.1) is 34.9 Å². The average Bonchev–Trinajstić information content (AvgIpc) is 3.02. The van der Waals surface area contributed by atoms with E-state index >= 15 is 0 Å². The Labute approximate surface area is 243 Å². The summed E-state index contributed by atoms with van der Waals surface area (Å²) in [6.07, 6.45) is 9.52. The fourth-order valence-corrected chi connectivity index (χ4v) is 7.05. The van der Waals surface area contributed by atoms with E-state index in [1.807, 2.05) is 12.3 Å². The number of aliphatic hydroxyl groups is 2. The summed E-state index contributed by atoms with van der Waals surface area (Å²) in [5, 5.41) is 23.9. The first-order chi connectivity index (χ1) is 17.8. The number of nitrogens with zero attached hydrogens (tertiary/aromatic N) is 1. The number of hydrogen-bond donors (Lipinski definition) is 2. The van der Waals surface area contributed by atoms with Crippen LogP contribution in [0.5, 0.6) is 0 Å². The predicted octanol–water partition coefficient (Wildman–Crippen LogP) is 7.92. The first-order valence-corrected chi connectivity index (χ1v) is 14.5. The van der Waals surface area contributed by atoms with Gasteiger partial charge in [-0.25, -0.2) is 0 Å². The second-order valence-electron chi connectivity index (χ2n) is 11.9. The zero-order chi connectivity index (χ0) is 26.5. The van der Waals surface area contributed by atoms with Gasteiger partial charge in [0.2, 0.25) is 0 Å². The Morgan fingerprint density at radius 2 is 1.74 bits per heavy atom. The van der Waals surface area contributed by atoms with Crippen molar-refractivity contribution in [3.63, 3.8) is 0 Å². The fourth-order valence-electron chi connectivity index (χ4n) is 7.05. The molecule has 6 atom stereocenters. The van der Waals surface area contributed by atoms with Gasteiger partial charge in [0.15, 0.2) is 0 Å². The second kappa shape index (κ2) is 14.2. The molecule has 4 heteroatoms. The normalized spacial score (nSPS) is 27.1. The smallest absolute Gasteiger partial charge is 0.0626 e. The van der Waals surface area contributed by atoms with Crippen molar-refractivity contribution in [2.24, 2.45) is 29.6 Å². The molecule has 2 aromatic carbocycles. The number of rotatable bonds is 4. The Morgan fingerprint density at radius 1 is 0.974 bits per heavy atom. The molecule has 3 nitrogen and oxygen atoms in total. The van der Waals surface area contributed by atoms with Crippen molar-refractivity contribution < 1.29 is 30.3 Å². The molecule has 2 N–H and O–H groups in total. The Bertz CT molecular complexity index is 1140. The van der Waals surface area contributed by atoms with Crippen LogP contribution in [-0.2, 0) is 20.1 Å². The van der Waals surface area contributed by atoms with Crippen LogP contribution >= 0.6 is 0 Å². The molecule has 1 heterocycles. The van der Waals surface area contributed by atoms with E-state index in [-0.39, 0.29) is 38.2 Å². The van der Waals surface area contributed by atoms with E-state index in [0.717, 1.165) is 42.5 Å². The zero-order valence-electron chi connectivity index (χ0n) is 23.8. The number of fused-ring (bicyclic) bond motifs is 2. The predicted molar refractivity (Wildman–Crippen MR) is 154 cm³/mol. The van der Waals surface area contributed by atoms with E-state index in [0.29, 0.717) is 23.7 Å². The Balaban J connectivity index is 0.000000205. The van der Waals surface area contributed by atoms with Crippen molar-refractivity contribution in [3.8, 4) is 11.3 Å². The summed E-state index contributed by atoms with van der Waals surface area (Å²) < 4.78 is 0. The molecule has 38 heavy (non-hydrogen) atoms. The molecule has 2 fully saturated rings. The first kappa shape index (κ1) is 31.0. The van der Waals surface area contributed by atoms with E-state index in [9.17, 15) is 10.2 Å². The van der Waals surface area contributed by atoms with E-state index in [4.69, 9.17) is 0 Å². The molecule has 0 aliphatic heterocycles. The Hall–Kier alpha value is -1.58. The average molecular weight is 693 g/mol. The number of aromatic nitrogens is 1. The van der Waals surface area contributed by atoms with Gasteiger partial charge in [-0.2, -0.15) is 0 Å². The van der Waals surface area contributed by atoms with Crippen molar-refractivity contribution in [2.45, 2.75) is 91.8 Å². The van der Waals surface area contributed by atoms with E-state index in [1.54, 1.807) is 0 Å². The molecule has 5 rings (SSSR count). The van der Waals surface area contributed by atoms with Crippen LogP contribution in [0.25, 0.3) is 22.0 Å². The molecule has 3 aromatic rings. The molecule has 209 valence electrons. The van der Waals surface area contributed by atoms with Crippen molar-refractivity contribution in [1.29, 1.82) is 0 Å². The molecular weight excluding hydrogens is 647 g/mol. The maximum absolute atomic E-state index is 10.8. The summed E-state index contributed by atoms with van der Waals surface area (Å²) in [5.74, 6) is 2.02. The van der Waals surface area contributed by atoms with Crippen molar-refractivity contribution in [3.05, 3.63) is 65.9 Å². The number of aryl methyl sites for hydroxylation is 2. The van der Waals surface area contributed by atoms with Crippen LogP contribution in [0.2, 0.25) is 0 Å². The largest absolute Gasteiger partial charge is 0.392 e. The molecular formula is C34H46IrNO2-. The van der Waals surface area contributed by atoms with Gasteiger partial charge >= 0.3 is 0 Å². The van der Waals surface area contributed by atoms with Crippen molar-refractivity contribution in [2.75, 3.05) is 0 Å². The summed E-state index contributed by atoms with van der Waals surface area (Å²) in [5.41, 5.74) is 4.49. The van der Waals surface area contributed by atoms with Crippen LogP contribution < -0.4 is 0 Å². The molecule has 0 bridgehead atoms. The van der Waals surface area contributed by atoms with Gasteiger partial charge in [-0.05, 0) is 78.3 Å². The molecule has 2 saturated carbocycles.